The lowest BCUT2D eigenvalue weighted by atomic mass is 10.2. The number of rotatable bonds is 5. The largest absolute Gasteiger partial charge is 0.478 e. The number of hydrogen-bond donors (Lipinski definition) is 5. The number of carboxylic acids is 1. The molecule has 0 saturated heterocycles. The first-order valence-corrected chi connectivity index (χ1v) is 7.39. The monoisotopic (exact) mass is 347 g/mol. The van der Waals surface area contributed by atoms with Crippen LogP contribution in [0.2, 0.25) is 0 Å². The van der Waals surface area contributed by atoms with E-state index >= 15 is 0 Å². The third-order valence-electron chi connectivity index (χ3n) is 3.54. The lowest BCUT2D eigenvalue weighted by Gasteiger charge is -2.02. The van der Waals surface area contributed by atoms with Gasteiger partial charge in [0, 0.05) is 5.56 Å². The van der Waals surface area contributed by atoms with Gasteiger partial charge in [0.25, 0.3) is 0 Å². The first-order chi connectivity index (χ1) is 12.5. The van der Waals surface area contributed by atoms with Crippen molar-refractivity contribution in [1.29, 1.82) is 10.7 Å². The van der Waals surface area contributed by atoms with E-state index in [0.29, 0.717) is 22.5 Å². The Kier molecular flexibility index (Phi) is 4.32. The number of anilines is 1. The van der Waals surface area contributed by atoms with E-state index in [4.69, 9.17) is 21.5 Å². The van der Waals surface area contributed by atoms with Gasteiger partial charge >= 0.3 is 5.97 Å². The van der Waals surface area contributed by atoms with Gasteiger partial charge in [-0.05, 0) is 42.5 Å². The van der Waals surface area contributed by atoms with Crippen LogP contribution in [0.15, 0.2) is 47.6 Å². The minimum absolute atomic E-state index is 0.184. The highest BCUT2D eigenvalue weighted by Gasteiger charge is 2.09. The van der Waals surface area contributed by atoms with Crippen molar-refractivity contribution >= 4 is 34.2 Å². The number of nitrogens with one attached hydrogen (secondary N) is 3. The van der Waals surface area contributed by atoms with Crippen LogP contribution in [-0.2, 0) is 0 Å². The number of carboxylic acid groups (broad SMARTS) is 1. The predicted octanol–water partition coefficient (Wildman–Crippen LogP) is 2.16. The number of aromatic nitrogens is 2. The van der Waals surface area contributed by atoms with E-state index in [-0.39, 0.29) is 11.3 Å². The molecule has 0 unspecified atom stereocenters. The first kappa shape index (κ1) is 16.7. The third kappa shape index (κ3) is 3.34. The number of aromatic carboxylic acids is 1. The minimum atomic E-state index is -0.999. The number of amidine groups is 1. The lowest BCUT2D eigenvalue weighted by Crippen LogP contribution is -2.21. The second-order valence-corrected chi connectivity index (χ2v) is 5.30. The SMILES string of the molecule is N#C/C(=N\Nc1ccc(-c2nc3ccc(C(=O)O)cc3[nH]2)cc1)C(=N)N. The molecule has 0 spiro atoms. The van der Waals surface area contributed by atoms with Gasteiger partial charge in [0.2, 0.25) is 5.71 Å². The summed E-state index contributed by atoms with van der Waals surface area (Å²) in [6.07, 6.45) is 0. The number of aromatic amines is 1. The smallest absolute Gasteiger partial charge is 0.335 e. The quantitative estimate of drug-likeness (QED) is 0.269. The van der Waals surface area contributed by atoms with E-state index in [1.807, 2.05) is 0 Å². The van der Waals surface area contributed by atoms with Gasteiger partial charge in [0.15, 0.2) is 5.84 Å². The van der Waals surface area contributed by atoms with Gasteiger partial charge < -0.3 is 15.8 Å². The predicted molar refractivity (Wildman–Crippen MR) is 97.1 cm³/mol. The van der Waals surface area contributed by atoms with Crippen LogP contribution in [0.4, 0.5) is 5.69 Å². The van der Waals surface area contributed by atoms with Gasteiger partial charge in [0.1, 0.15) is 11.9 Å². The summed E-state index contributed by atoms with van der Waals surface area (Å²) in [5.74, 6) is -0.819. The van der Waals surface area contributed by atoms with Crippen molar-refractivity contribution in [1.82, 2.24) is 9.97 Å². The summed E-state index contributed by atoms with van der Waals surface area (Å²) < 4.78 is 0. The molecule has 0 bridgehead atoms. The fraction of sp³-hybridized carbons (Fsp3) is 0. The third-order valence-corrected chi connectivity index (χ3v) is 3.54. The van der Waals surface area contributed by atoms with Gasteiger partial charge in [-0.3, -0.25) is 10.8 Å². The standard InChI is InChI=1S/C17H13N7O2/c18-8-14(15(19)20)24-23-11-4-1-9(2-5-11)16-21-12-6-3-10(17(25)26)7-13(12)22-16/h1-7,23H,(H3,19,20)(H,21,22)(H,25,26)/b24-14+. The number of benzene rings is 2. The molecular formula is C17H13N7O2. The van der Waals surface area contributed by atoms with Gasteiger partial charge in [-0.2, -0.15) is 10.4 Å². The van der Waals surface area contributed by atoms with Crippen LogP contribution >= 0.6 is 0 Å². The normalized spacial score (nSPS) is 11.1. The number of nitrogens with two attached hydrogens (primary N) is 1. The zero-order valence-electron chi connectivity index (χ0n) is 13.3. The molecule has 0 aliphatic carbocycles. The molecule has 3 aromatic rings. The number of hydrazone groups is 1. The zero-order chi connectivity index (χ0) is 18.7. The molecule has 2 aromatic carbocycles. The topological polar surface area (TPSA) is 164 Å². The molecule has 1 heterocycles. The summed E-state index contributed by atoms with van der Waals surface area (Å²) in [5.41, 5.74) is 10.5. The van der Waals surface area contributed by atoms with Crippen molar-refractivity contribution in [2.75, 3.05) is 5.43 Å². The molecule has 128 valence electrons. The van der Waals surface area contributed by atoms with Gasteiger partial charge in [-0.25, -0.2) is 9.78 Å². The maximum Gasteiger partial charge on any atom is 0.335 e. The number of imidazole rings is 1. The molecule has 0 radical (unpaired) electrons. The van der Waals surface area contributed by atoms with Crippen LogP contribution in [0, 0.1) is 16.7 Å². The summed E-state index contributed by atoms with van der Waals surface area (Å²) in [6.45, 7) is 0. The highest BCUT2D eigenvalue weighted by molar-refractivity contribution is 6.45. The van der Waals surface area contributed by atoms with Crippen LogP contribution < -0.4 is 11.2 Å². The molecule has 9 nitrogen and oxygen atoms in total. The van der Waals surface area contributed by atoms with Crippen LogP contribution in [0.5, 0.6) is 0 Å². The minimum Gasteiger partial charge on any atom is -0.478 e. The van der Waals surface area contributed by atoms with Gasteiger partial charge in [0.05, 0.1) is 22.3 Å². The van der Waals surface area contributed by atoms with E-state index < -0.39 is 11.8 Å². The molecule has 9 heteroatoms. The van der Waals surface area contributed by atoms with Crippen LogP contribution in [0.25, 0.3) is 22.4 Å². The zero-order valence-corrected chi connectivity index (χ0v) is 13.3. The van der Waals surface area contributed by atoms with E-state index in [1.165, 1.54) is 12.1 Å². The van der Waals surface area contributed by atoms with Crippen LogP contribution in [-0.4, -0.2) is 32.6 Å². The Morgan fingerprint density at radius 3 is 2.65 bits per heavy atom. The fourth-order valence-corrected chi connectivity index (χ4v) is 2.25. The molecule has 0 aliphatic heterocycles. The number of fused-ring (bicyclic) bond motifs is 1. The van der Waals surface area contributed by atoms with Crippen molar-refractivity contribution < 1.29 is 9.90 Å². The first-order valence-electron chi connectivity index (χ1n) is 7.39. The molecule has 26 heavy (non-hydrogen) atoms. The molecule has 1 aromatic heterocycles. The van der Waals surface area contributed by atoms with Crippen molar-refractivity contribution in [3.63, 3.8) is 0 Å². The van der Waals surface area contributed by atoms with Crippen molar-refractivity contribution in [2.24, 2.45) is 10.8 Å². The average molecular weight is 347 g/mol. The second kappa shape index (κ2) is 6.74. The van der Waals surface area contributed by atoms with Crippen molar-refractivity contribution in [2.45, 2.75) is 0 Å². The van der Waals surface area contributed by atoms with E-state index in [1.54, 1.807) is 36.4 Å². The summed E-state index contributed by atoms with van der Waals surface area (Å²) >= 11 is 0. The van der Waals surface area contributed by atoms with Crippen molar-refractivity contribution in [3.8, 4) is 17.5 Å². The number of hydrogen-bond acceptors (Lipinski definition) is 6. The number of carbonyl (C=O) groups is 1. The maximum atomic E-state index is 11.0. The number of nitriles is 1. The van der Waals surface area contributed by atoms with E-state index in [0.717, 1.165) is 5.56 Å². The Bertz CT molecular complexity index is 1070. The molecule has 0 fully saturated rings. The molecule has 0 amide bonds. The van der Waals surface area contributed by atoms with E-state index in [2.05, 4.69) is 20.5 Å². The Labute approximate surface area is 147 Å². The summed E-state index contributed by atoms with van der Waals surface area (Å²) in [4.78, 5) is 18.6. The number of nitrogens with zero attached hydrogens (tertiary/aromatic N) is 3. The highest BCUT2D eigenvalue weighted by atomic mass is 16.4. The molecule has 0 aliphatic rings. The van der Waals surface area contributed by atoms with Crippen molar-refractivity contribution in [3.05, 3.63) is 48.0 Å². The average Bonchev–Trinajstić information content (AvgIpc) is 3.05. The summed E-state index contributed by atoms with van der Waals surface area (Å²) in [6, 6.07) is 13.4. The summed E-state index contributed by atoms with van der Waals surface area (Å²) in [7, 11) is 0. The van der Waals surface area contributed by atoms with Crippen LogP contribution in [0.1, 0.15) is 10.4 Å². The maximum absolute atomic E-state index is 11.0. The van der Waals surface area contributed by atoms with E-state index in [9.17, 15) is 4.79 Å². The fourth-order valence-electron chi connectivity index (χ4n) is 2.25. The van der Waals surface area contributed by atoms with Gasteiger partial charge in [-0.15, -0.1) is 0 Å². The highest BCUT2D eigenvalue weighted by Crippen LogP contribution is 2.23. The molecule has 0 saturated carbocycles. The van der Waals surface area contributed by atoms with Gasteiger partial charge in [-0.1, -0.05) is 0 Å². The second-order valence-electron chi connectivity index (χ2n) is 5.30. The molecule has 3 rings (SSSR count). The Balaban J connectivity index is 1.84. The molecule has 6 N–H and O–H groups in total. The van der Waals surface area contributed by atoms with Crippen LogP contribution in [0.3, 0.4) is 0 Å². The Morgan fingerprint density at radius 2 is 2.04 bits per heavy atom. The Morgan fingerprint density at radius 1 is 1.31 bits per heavy atom. The lowest BCUT2D eigenvalue weighted by molar-refractivity contribution is 0.0697. The summed E-state index contributed by atoms with van der Waals surface area (Å²) in [5, 5.41) is 28.8. The molecular weight excluding hydrogens is 334 g/mol. The number of H-pyrrole nitrogens is 1. The molecule has 0 atom stereocenters. The Hall–Kier alpha value is -4.19.